The number of nitrogens with zero attached hydrogens (tertiary/aromatic N) is 4. The molecule has 0 N–H and O–H groups in total. The number of aromatic nitrogens is 2. The van der Waals surface area contributed by atoms with Crippen LogP contribution in [0.1, 0.15) is 39.8 Å². The minimum Gasteiger partial charge on any atom is -0.192 e. The normalized spacial score (nSPS) is 20.8. The lowest BCUT2D eigenvalue weighted by Gasteiger charge is -2.14. The van der Waals surface area contributed by atoms with Gasteiger partial charge in [0, 0.05) is 28.8 Å². The zero-order valence-corrected chi connectivity index (χ0v) is 20.8. The molecule has 0 amide bonds. The van der Waals surface area contributed by atoms with Crippen molar-refractivity contribution in [2.45, 2.75) is 24.4 Å². The van der Waals surface area contributed by atoms with E-state index >= 15 is 0 Å². The van der Waals surface area contributed by atoms with E-state index < -0.39 is 0 Å². The van der Waals surface area contributed by atoms with Gasteiger partial charge in [-0.3, -0.25) is 0 Å². The lowest BCUT2D eigenvalue weighted by Crippen LogP contribution is -2.51. The van der Waals surface area contributed by atoms with E-state index in [-0.39, 0.29) is 17.5 Å². The molecule has 3 atom stereocenters. The zero-order valence-electron chi connectivity index (χ0n) is 20.8. The van der Waals surface area contributed by atoms with E-state index in [9.17, 15) is 10.5 Å². The Morgan fingerprint density at radius 3 is 2.34 bits per heavy atom. The zero-order chi connectivity index (χ0) is 25.6. The number of pyridine rings is 2. The topological polar surface area (TPSA) is 55.3 Å². The molecular formula is C34H22N4+2. The fourth-order valence-electron chi connectivity index (χ4n) is 7.20. The van der Waals surface area contributed by atoms with Crippen molar-refractivity contribution in [3.05, 3.63) is 131 Å². The number of fused-ring (bicyclic) bond motifs is 13. The van der Waals surface area contributed by atoms with Gasteiger partial charge in [0.1, 0.15) is 18.1 Å². The quantitative estimate of drug-likeness (QED) is 0.285. The number of hydrogen-bond acceptors (Lipinski definition) is 2. The molecule has 3 aromatic carbocycles. The van der Waals surface area contributed by atoms with Gasteiger partial charge in [0.25, 0.3) is 5.54 Å². The number of aryl methyl sites for hydroxylation is 1. The first-order chi connectivity index (χ1) is 18.7. The van der Waals surface area contributed by atoms with Crippen LogP contribution in [-0.2, 0) is 5.54 Å². The minimum absolute atomic E-state index is 0.134. The molecule has 1 fully saturated rings. The molecule has 3 aliphatic rings. The van der Waals surface area contributed by atoms with Crippen LogP contribution < -0.4 is 9.13 Å². The fourth-order valence-corrected chi connectivity index (χ4v) is 7.20. The van der Waals surface area contributed by atoms with Crippen LogP contribution in [0.2, 0.25) is 0 Å². The molecule has 3 unspecified atom stereocenters. The fraction of sp³-hybridized carbons (Fsp3) is 0.118. The molecule has 4 nitrogen and oxygen atoms in total. The summed E-state index contributed by atoms with van der Waals surface area (Å²) in [5.41, 5.74) is 10.9. The van der Waals surface area contributed by atoms with Crippen molar-refractivity contribution in [3.8, 4) is 45.8 Å². The Balaban J connectivity index is 1.47. The molecule has 176 valence electrons. The van der Waals surface area contributed by atoms with E-state index in [0.717, 1.165) is 16.8 Å². The summed E-state index contributed by atoms with van der Waals surface area (Å²) in [4.78, 5) is 0. The molecule has 2 aliphatic heterocycles. The average Bonchev–Trinajstić information content (AvgIpc) is 3.59. The Labute approximate surface area is 220 Å². The van der Waals surface area contributed by atoms with Crippen LogP contribution in [0.5, 0.6) is 0 Å². The van der Waals surface area contributed by atoms with Crippen LogP contribution in [0.25, 0.3) is 33.6 Å². The predicted octanol–water partition coefficient (Wildman–Crippen LogP) is 5.72. The van der Waals surface area contributed by atoms with Crippen LogP contribution in [-0.4, -0.2) is 0 Å². The Hall–Kier alpha value is -5.06. The molecule has 4 heteroatoms. The van der Waals surface area contributed by atoms with E-state index in [1.807, 2.05) is 12.1 Å². The standard InChI is InChI=1S/C34H22N4/c1-21-11-15-30-31-26(14-12-23(17-35)27(31)18-36)32-33(37(30)19-21)34(32)28-10-6-5-9-25(28)29-16-13-24(20-38(29)34)22-7-3-2-4-8-22/h2-16,19-20,32-33H,1H3/q+2. The minimum atomic E-state index is -0.323. The maximum atomic E-state index is 10.2. The van der Waals surface area contributed by atoms with Gasteiger partial charge in [-0.2, -0.15) is 19.7 Å². The van der Waals surface area contributed by atoms with E-state index in [1.165, 1.54) is 33.5 Å². The summed E-state index contributed by atoms with van der Waals surface area (Å²) in [5, 5.41) is 20.0. The van der Waals surface area contributed by atoms with Crippen molar-refractivity contribution in [2.75, 3.05) is 0 Å². The maximum Gasteiger partial charge on any atom is 0.269 e. The molecule has 0 saturated heterocycles. The molecule has 1 spiro atoms. The second kappa shape index (κ2) is 7.25. The number of benzene rings is 3. The van der Waals surface area contributed by atoms with E-state index in [1.54, 1.807) is 0 Å². The maximum absolute atomic E-state index is 10.2. The Bertz CT molecular complexity index is 1930. The first-order valence-electron chi connectivity index (χ1n) is 12.9. The first-order valence-corrected chi connectivity index (χ1v) is 12.9. The van der Waals surface area contributed by atoms with Crippen LogP contribution in [0, 0.1) is 29.6 Å². The first kappa shape index (κ1) is 21.1. The highest BCUT2D eigenvalue weighted by Gasteiger charge is 2.86. The van der Waals surface area contributed by atoms with Gasteiger partial charge in [0.05, 0.1) is 22.3 Å². The van der Waals surface area contributed by atoms with Gasteiger partial charge in [0.2, 0.25) is 17.4 Å². The van der Waals surface area contributed by atoms with Gasteiger partial charge in [-0.25, -0.2) is 0 Å². The van der Waals surface area contributed by atoms with E-state index in [2.05, 4.69) is 119 Å². The molecule has 1 aliphatic carbocycles. The number of nitriles is 2. The molecule has 0 radical (unpaired) electrons. The molecule has 8 rings (SSSR count). The molecule has 2 aromatic heterocycles. The van der Waals surface area contributed by atoms with Crippen molar-refractivity contribution < 1.29 is 9.13 Å². The highest BCUT2D eigenvalue weighted by Crippen LogP contribution is 2.70. The summed E-state index contributed by atoms with van der Waals surface area (Å²) in [6.07, 6.45) is 4.53. The molecule has 1 saturated carbocycles. The Morgan fingerprint density at radius 1 is 0.737 bits per heavy atom. The monoisotopic (exact) mass is 486 g/mol. The molecule has 38 heavy (non-hydrogen) atoms. The third-order valence-electron chi connectivity index (χ3n) is 8.71. The van der Waals surface area contributed by atoms with Crippen LogP contribution in [0.3, 0.4) is 0 Å². The largest absolute Gasteiger partial charge is 0.269 e. The molecule has 0 bridgehead atoms. The van der Waals surface area contributed by atoms with Crippen LogP contribution >= 0.6 is 0 Å². The van der Waals surface area contributed by atoms with E-state index in [0.29, 0.717) is 11.1 Å². The van der Waals surface area contributed by atoms with Crippen molar-refractivity contribution in [1.82, 2.24) is 0 Å². The van der Waals surface area contributed by atoms with Gasteiger partial charge in [-0.05, 0) is 42.3 Å². The Morgan fingerprint density at radius 2 is 1.53 bits per heavy atom. The third kappa shape index (κ3) is 2.43. The summed E-state index contributed by atoms with van der Waals surface area (Å²) in [6, 6.07) is 36.7. The van der Waals surface area contributed by atoms with Crippen molar-refractivity contribution in [3.63, 3.8) is 0 Å². The summed E-state index contributed by atoms with van der Waals surface area (Å²) in [7, 11) is 0. The lowest BCUT2D eigenvalue weighted by atomic mass is 9.88. The summed E-state index contributed by atoms with van der Waals surface area (Å²) >= 11 is 0. The van der Waals surface area contributed by atoms with Crippen molar-refractivity contribution in [1.29, 1.82) is 10.5 Å². The van der Waals surface area contributed by atoms with Crippen molar-refractivity contribution in [2.24, 2.45) is 0 Å². The highest BCUT2D eigenvalue weighted by atomic mass is 15.3. The lowest BCUT2D eigenvalue weighted by molar-refractivity contribution is -0.771. The second-order valence-corrected chi connectivity index (χ2v) is 10.5. The Kier molecular flexibility index (Phi) is 4.02. The van der Waals surface area contributed by atoms with Crippen LogP contribution in [0.15, 0.2) is 103 Å². The van der Waals surface area contributed by atoms with Crippen molar-refractivity contribution >= 4 is 0 Å². The van der Waals surface area contributed by atoms with Gasteiger partial charge < -0.3 is 0 Å². The molecule has 5 aromatic rings. The van der Waals surface area contributed by atoms with Gasteiger partial charge >= 0.3 is 0 Å². The van der Waals surface area contributed by atoms with Gasteiger partial charge in [-0.15, -0.1) is 0 Å². The number of rotatable bonds is 1. The second-order valence-electron chi connectivity index (χ2n) is 10.5. The van der Waals surface area contributed by atoms with Gasteiger partial charge in [-0.1, -0.05) is 54.6 Å². The SMILES string of the molecule is Cc1ccc2[n+](c1)C1C(c3ccc(C#N)c(C#N)c3-2)C12c1ccccc1-c1ccc(-c3ccccc3)c[n+]12. The van der Waals surface area contributed by atoms with E-state index in [4.69, 9.17) is 0 Å². The predicted molar refractivity (Wildman–Crippen MR) is 143 cm³/mol. The summed E-state index contributed by atoms with van der Waals surface area (Å²) < 4.78 is 4.87. The van der Waals surface area contributed by atoms with Gasteiger partial charge in [0.15, 0.2) is 12.4 Å². The smallest absolute Gasteiger partial charge is 0.192 e. The summed E-state index contributed by atoms with van der Waals surface area (Å²) in [6.45, 7) is 2.11. The third-order valence-corrected chi connectivity index (χ3v) is 8.71. The number of hydrogen-bond donors (Lipinski definition) is 0. The average molecular weight is 487 g/mol. The van der Waals surface area contributed by atoms with Crippen LogP contribution in [0.4, 0.5) is 0 Å². The highest BCUT2D eigenvalue weighted by molar-refractivity contribution is 5.79. The molecule has 4 heterocycles. The summed E-state index contributed by atoms with van der Waals surface area (Å²) in [5.74, 6) is 0.134. The molecular weight excluding hydrogens is 464 g/mol.